The third kappa shape index (κ3) is 8.53. The third-order valence-electron chi connectivity index (χ3n) is 6.73. The van der Waals surface area contributed by atoms with E-state index >= 15 is 0 Å². The topological polar surface area (TPSA) is 105 Å². The first kappa shape index (κ1) is 32.4. The number of aryl methyl sites for hydroxylation is 1. The van der Waals surface area contributed by atoms with Crippen molar-refractivity contribution in [1.82, 2.24) is 9.62 Å². The van der Waals surface area contributed by atoms with Crippen LogP contribution in [0, 0.1) is 12.7 Å². The van der Waals surface area contributed by atoms with Crippen LogP contribution < -0.4 is 14.8 Å². The Morgan fingerprint density at radius 1 is 1.02 bits per heavy atom. The number of sulfonamides is 1. The van der Waals surface area contributed by atoms with E-state index in [1.54, 1.807) is 6.92 Å². The van der Waals surface area contributed by atoms with Crippen molar-refractivity contribution >= 4 is 39.0 Å². The van der Waals surface area contributed by atoms with Crippen LogP contribution in [0.15, 0.2) is 59.5 Å². The van der Waals surface area contributed by atoms with Crippen molar-refractivity contribution in [3.8, 4) is 5.75 Å². The molecule has 0 radical (unpaired) electrons. The average molecular weight is 642 g/mol. The van der Waals surface area contributed by atoms with E-state index < -0.39 is 51.4 Å². The summed E-state index contributed by atoms with van der Waals surface area (Å²) in [6, 6.07) is 9.38. The molecule has 1 heterocycles. The number of nitrogens with one attached hydrogen (secondary N) is 2. The number of alkyl halides is 3. The lowest BCUT2D eigenvalue weighted by Crippen LogP contribution is -2.33. The number of rotatable bonds is 11. The molecular formula is C29H28ClF4N3O5S. The fraction of sp³-hybridized carbons (Fsp3) is 0.310. The van der Waals surface area contributed by atoms with E-state index in [1.165, 1.54) is 30.3 Å². The molecular weight excluding hydrogens is 614 g/mol. The first-order valence-electron chi connectivity index (χ1n) is 13.2. The Hall–Kier alpha value is -3.52. The summed E-state index contributed by atoms with van der Waals surface area (Å²) < 4.78 is 86.8. The van der Waals surface area contributed by atoms with E-state index in [0.717, 1.165) is 32.0 Å². The molecule has 43 heavy (non-hydrogen) atoms. The van der Waals surface area contributed by atoms with Gasteiger partial charge in [0.1, 0.15) is 11.6 Å². The molecule has 8 nitrogen and oxygen atoms in total. The number of likely N-dealkylation sites (tertiary alicyclic amines) is 1. The lowest BCUT2D eigenvalue weighted by atomic mass is 10.00. The maximum atomic E-state index is 13.9. The summed E-state index contributed by atoms with van der Waals surface area (Å²) >= 11 is 5.98. The number of halogens is 5. The maximum absolute atomic E-state index is 13.9. The minimum absolute atomic E-state index is 0.0380. The van der Waals surface area contributed by atoms with E-state index in [4.69, 9.17) is 16.3 Å². The second-order valence-corrected chi connectivity index (χ2v) is 12.2. The lowest BCUT2D eigenvalue weighted by Gasteiger charge is -2.16. The first-order chi connectivity index (χ1) is 20.2. The van der Waals surface area contributed by atoms with Crippen LogP contribution >= 0.6 is 11.6 Å². The Morgan fingerprint density at radius 3 is 2.42 bits per heavy atom. The van der Waals surface area contributed by atoms with Crippen molar-refractivity contribution in [2.75, 3.05) is 38.1 Å². The number of carbonyl (C=O) groups is 2. The fourth-order valence-corrected chi connectivity index (χ4v) is 5.82. The summed E-state index contributed by atoms with van der Waals surface area (Å²) in [5.74, 6) is -3.08. The summed E-state index contributed by atoms with van der Waals surface area (Å²) in [6.45, 7) is 3.79. The number of amides is 1. The highest BCUT2D eigenvalue weighted by Gasteiger charge is 2.32. The Kier molecular flexibility index (Phi) is 10.1. The Balaban J connectivity index is 1.41. The molecule has 0 unspecified atom stereocenters. The molecule has 0 spiro atoms. The van der Waals surface area contributed by atoms with Gasteiger partial charge in [-0.1, -0.05) is 11.6 Å². The van der Waals surface area contributed by atoms with Crippen LogP contribution in [-0.4, -0.2) is 57.8 Å². The maximum Gasteiger partial charge on any atom is 0.416 e. The van der Waals surface area contributed by atoms with Crippen molar-refractivity contribution < 1.29 is 40.3 Å². The molecule has 0 bridgehead atoms. The second-order valence-electron chi connectivity index (χ2n) is 9.96. The standard InChI is InChI=1S/C29H28ClF4N3O5S/c1-18-12-23(43(40,41)35-8-11-37-9-2-3-10-37)5-6-25(18)36-27(38)17-42-26-7-4-21(30)16-24(26)28(39)19-13-20(29(32,33)34)15-22(31)14-19/h4-7,12-16,35H,2-3,8-11,17H2,1H3,(H,36,38). The summed E-state index contributed by atoms with van der Waals surface area (Å²) in [4.78, 5) is 27.9. The molecule has 0 atom stereocenters. The Labute approximate surface area is 251 Å². The molecule has 1 saturated heterocycles. The number of hydrogen-bond acceptors (Lipinski definition) is 6. The van der Waals surface area contributed by atoms with Gasteiger partial charge < -0.3 is 15.0 Å². The molecule has 2 N–H and O–H groups in total. The summed E-state index contributed by atoms with van der Waals surface area (Å²) in [5.41, 5.74) is -1.42. The average Bonchev–Trinajstić information content (AvgIpc) is 3.45. The van der Waals surface area contributed by atoms with Crippen LogP contribution in [0.1, 0.15) is 39.9 Å². The van der Waals surface area contributed by atoms with Crippen LogP contribution in [-0.2, 0) is 21.0 Å². The van der Waals surface area contributed by atoms with Gasteiger partial charge in [-0.2, -0.15) is 13.2 Å². The van der Waals surface area contributed by atoms with Gasteiger partial charge in [-0.3, -0.25) is 9.59 Å². The highest BCUT2D eigenvalue weighted by Crippen LogP contribution is 2.32. The predicted octanol–water partition coefficient (Wildman–Crippen LogP) is 5.43. The van der Waals surface area contributed by atoms with Crippen molar-refractivity contribution in [1.29, 1.82) is 0 Å². The van der Waals surface area contributed by atoms with E-state index in [0.29, 0.717) is 29.9 Å². The number of nitrogens with zero attached hydrogens (tertiary/aromatic N) is 1. The van der Waals surface area contributed by atoms with Crippen molar-refractivity contribution in [3.63, 3.8) is 0 Å². The van der Waals surface area contributed by atoms with Crippen LogP contribution in [0.3, 0.4) is 0 Å². The molecule has 1 aliphatic heterocycles. The molecule has 4 rings (SSSR count). The van der Waals surface area contributed by atoms with Gasteiger partial charge in [-0.25, -0.2) is 17.5 Å². The zero-order valence-corrected chi connectivity index (χ0v) is 24.5. The molecule has 3 aromatic rings. The predicted molar refractivity (Wildman–Crippen MR) is 152 cm³/mol. The SMILES string of the molecule is Cc1cc(S(=O)(=O)NCCN2CCCC2)ccc1NC(=O)COc1ccc(Cl)cc1C(=O)c1cc(F)cc(C(F)(F)F)c1. The van der Waals surface area contributed by atoms with Gasteiger partial charge in [0.25, 0.3) is 5.91 Å². The molecule has 3 aromatic carbocycles. The van der Waals surface area contributed by atoms with Crippen molar-refractivity contribution in [3.05, 3.63) is 87.7 Å². The molecule has 230 valence electrons. The highest BCUT2D eigenvalue weighted by molar-refractivity contribution is 7.89. The number of carbonyl (C=O) groups excluding carboxylic acids is 2. The minimum atomic E-state index is -4.88. The molecule has 0 saturated carbocycles. The van der Waals surface area contributed by atoms with E-state index in [2.05, 4.69) is 14.9 Å². The normalized spacial score (nSPS) is 14.1. The third-order valence-corrected chi connectivity index (χ3v) is 8.43. The molecule has 1 amide bonds. The van der Waals surface area contributed by atoms with Gasteiger partial charge in [0.05, 0.1) is 16.0 Å². The van der Waals surface area contributed by atoms with Gasteiger partial charge in [-0.05, 0) is 93.0 Å². The van der Waals surface area contributed by atoms with Crippen LogP contribution in [0.4, 0.5) is 23.2 Å². The largest absolute Gasteiger partial charge is 0.483 e. The second kappa shape index (κ2) is 13.4. The molecule has 14 heteroatoms. The van der Waals surface area contributed by atoms with Gasteiger partial charge in [0.15, 0.2) is 12.4 Å². The zero-order chi connectivity index (χ0) is 31.4. The highest BCUT2D eigenvalue weighted by atomic mass is 35.5. The minimum Gasteiger partial charge on any atom is -0.483 e. The van der Waals surface area contributed by atoms with E-state index in [-0.39, 0.29) is 33.8 Å². The van der Waals surface area contributed by atoms with E-state index in [9.17, 15) is 35.6 Å². The van der Waals surface area contributed by atoms with Crippen LogP contribution in [0.25, 0.3) is 0 Å². The molecule has 0 aliphatic carbocycles. The Morgan fingerprint density at radius 2 is 1.74 bits per heavy atom. The van der Waals surface area contributed by atoms with Gasteiger partial charge in [0, 0.05) is 29.4 Å². The zero-order valence-electron chi connectivity index (χ0n) is 22.9. The quantitative estimate of drug-likeness (QED) is 0.214. The number of benzene rings is 3. The number of ketones is 1. The Bertz CT molecular complexity index is 1630. The molecule has 1 fully saturated rings. The molecule has 0 aromatic heterocycles. The van der Waals surface area contributed by atoms with Crippen molar-refractivity contribution in [2.45, 2.75) is 30.8 Å². The number of ether oxygens (including phenoxy) is 1. The monoisotopic (exact) mass is 641 g/mol. The summed E-state index contributed by atoms with van der Waals surface area (Å²) in [6.07, 6.45) is -2.68. The van der Waals surface area contributed by atoms with Gasteiger partial charge in [-0.15, -0.1) is 0 Å². The lowest BCUT2D eigenvalue weighted by molar-refractivity contribution is -0.137. The number of hydrogen-bond donors (Lipinski definition) is 2. The van der Waals surface area contributed by atoms with E-state index in [1.807, 2.05) is 0 Å². The summed E-state index contributed by atoms with van der Waals surface area (Å²) in [7, 11) is -3.76. The summed E-state index contributed by atoms with van der Waals surface area (Å²) in [5, 5.41) is 2.65. The fourth-order valence-electron chi connectivity index (χ4n) is 4.55. The molecule has 1 aliphatic rings. The van der Waals surface area contributed by atoms with Crippen LogP contribution in [0.2, 0.25) is 5.02 Å². The van der Waals surface area contributed by atoms with Crippen molar-refractivity contribution in [2.24, 2.45) is 0 Å². The van der Waals surface area contributed by atoms with Crippen LogP contribution in [0.5, 0.6) is 5.75 Å². The van der Waals surface area contributed by atoms with Gasteiger partial charge in [0.2, 0.25) is 10.0 Å². The number of anilines is 1. The first-order valence-corrected chi connectivity index (χ1v) is 15.1. The van der Waals surface area contributed by atoms with Gasteiger partial charge >= 0.3 is 6.18 Å². The smallest absolute Gasteiger partial charge is 0.416 e.